The number of thiophene rings is 1. The van der Waals surface area contributed by atoms with Gasteiger partial charge in [-0.15, -0.1) is 11.3 Å². The average Bonchev–Trinajstić information content (AvgIpc) is 3.23. The number of hydrogen-bond acceptors (Lipinski definition) is 7. The number of anilines is 2. The Kier molecular flexibility index (Phi) is 6.41. The number of aromatic nitrogens is 2. The number of fused-ring (bicyclic) bond motifs is 1. The van der Waals surface area contributed by atoms with Crippen LogP contribution >= 0.6 is 11.3 Å². The van der Waals surface area contributed by atoms with Gasteiger partial charge in [-0.25, -0.2) is 4.98 Å². The van der Waals surface area contributed by atoms with Gasteiger partial charge < -0.3 is 20.1 Å². The number of nitrogens with zero attached hydrogens (tertiary/aromatic N) is 2. The molecule has 0 saturated heterocycles. The number of nitrogens with one attached hydrogen (secondary N) is 2. The van der Waals surface area contributed by atoms with Gasteiger partial charge in [-0.3, -0.25) is 0 Å². The second-order valence-corrected chi connectivity index (χ2v) is 7.76. The second-order valence-electron chi connectivity index (χ2n) is 6.71. The smallest absolute Gasteiger partial charge is 0.225 e. The van der Waals surface area contributed by atoms with Gasteiger partial charge >= 0.3 is 0 Å². The fraction of sp³-hybridized carbons (Fsp3) is 0.217. The number of benzene rings is 2. The summed E-state index contributed by atoms with van der Waals surface area (Å²) < 4.78 is 11.5. The molecule has 0 fully saturated rings. The zero-order valence-electron chi connectivity index (χ0n) is 17.0. The largest absolute Gasteiger partial charge is 0.497 e. The van der Waals surface area contributed by atoms with Crippen LogP contribution in [-0.2, 0) is 11.3 Å². The molecular formula is C23H24N4O2S. The van der Waals surface area contributed by atoms with E-state index in [0.29, 0.717) is 25.6 Å². The molecule has 6 nitrogen and oxygen atoms in total. The van der Waals surface area contributed by atoms with Crippen LogP contribution in [0, 0.1) is 0 Å². The molecule has 30 heavy (non-hydrogen) atoms. The van der Waals surface area contributed by atoms with Gasteiger partial charge in [-0.2, -0.15) is 4.98 Å². The summed E-state index contributed by atoms with van der Waals surface area (Å²) in [6.07, 6.45) is 0. The summed E-state index contributed by atoms with van der Waals surface area (Å²) in [6, 6.07) is 20.5. The van der Waals surface area contributed by atoms with Crippen molar-refractivity contribution in [2.45, 2.75) is 6.54 Å². The lowest BCUT2D eigenvalue weighted by Crippen LogP contribution is -2.11. The number of methoxy groups -OCH3 is 2. The Morgan fingerprint density at radius 1 is 0.933 bits per heavy atom. The molecule has 2 N–H and O–H groups in total. The molecule has 2 aromatic carbocycles. The Morgan fingerprint density at radius 3 is 2.60 bits per heavy atom. The van der Waals surface area contributed by atoms with Gasteiger partial charge in [0.05, 0.1) is 23.9 Å². The maximum atomic E-state index is 5.33. The van der Waals surface area contributed by atoms with Crippen LogP contribution in [-0.4, -0.2) is 37.3 Å². The summed E-state index contributed by atoms with van der Waals surface area (Å²) in [5, 5.41) is 6.72. The molecule has 0 unspecified atom stereocenters. The molecule has 0 atom stereocenters. The molecule has 154 valence electrons. The van der Waals surface area contributed by atoms with Crippen molar-refractivity contribution < 1.29 is 9.47 Å². The molecule has 0 aliphatic carbocycles. The van der Waals surface area contributed by atoms with Crippen molar-refractivity contribution in [1.29, 1.82) is 0 Å². The highest BCUT2D eigenvalue weighted by atomic mass is 32.1. The fourth-order valence-electron chi connectivity index (χ4n) is 3.11. The van der Waals surface area contributed by atoms with Gasteiger partial charge in [-0.1, -0.05) is 42.5 Å². The minimum Gasteiger partial charge on any atom is -0.497 e. The zero-order valence-corrected chi connectivity index (χ0v) is 17.8. The lowest BCUT2D eigenvalue weighted by molar-refractivity contribution is 0.210. The Bertz CT molecular complexity index is 1110. The number of ether oxygens (including phenoxy) is 2. The van der Waals surface area contributed by atoms with Crippen molar-refractivity contribution in [1.82, 2.24) is 9.97 Å². The van der Waals surface area contributed by atoms with Gasteiger partial charge in [0, 0.05) is 25.1 Å². The molecule has 0 aliphatic rings. The molecule has 0 spiro atoms. The van der Waals surface area contributed by atoms with E-state index in [0.717, 1.165) is 27.3 Å². The third-order valence-electron chi connectivity index (χ3n) is 4.61. The van der Waals surface area contributed by atoms with E-state index in [4.69, 9.17) is 19.4 Å². The molecule has 4 rings (SSSR count). The van der Waals surface area contributed by atoms with Crippen LogP contribution in [0.25, 0.3) is 20.7 Å². The first kappa shape index (κ1) is 20.1. The van der Waals surface area contributed by atoms with Gasteiger partial charge in [0.25, 0.3) is 0 Å². The zero-order chi connectivity index (χ0) is 20.8. The maximum Gasteiger partial charge on any atom is 0.225 e. The van der Waals surface area contributed by atoms with Crippen molar-refractivity contribution in [2.24, 2.45) is 0 Å². The quantitative estimate of drug-likeness (QED) is 0.370. The van der Waals surface area contributed by atoms with Crippen molar-refractivity contribution in [3.05, 3.63) is 66.2 Å². The van der Waals surface area contributed by atoms with Crippen molar-refractivity contribution in [3.8, 4) is 16.2 Å². The molecule has 7 heteroatoms. The molecule has 0 aliphatic heterocycles. The molecule has 4 aromatic rings. The highest BCUT2D eigenvalue weighted by Crippen LogP contribution is 2.36. The molecule has 0 amide bonds. The Morgan fingerprint density at radius 2 is 1.80 bits per heavy atom. The lowest BCUT2D eigenvalue weighted by Gasteiger charge is -2.10. The molecule has 0 saturated carbocycles. The van der Waals surface area contributed by atoms with Crippen LogP contribution in [0.1, 0.15) is 5.56 Å². The van der Waals surface area contributed by atoms with Gasteiger partial charge in [0.1, 0.15) is 11.6 Å². The van der Waals surface area contributed by atoms with Crippen molar-refractivity contribution in [3.63, 3.8) is 0 Å². The Balaban J connectivity index is 1.66. The number of hydrogen-bond donors (Lipinski definition) is 2. The first-order valence-electron chi connectivity index (χ1n) is 9.73. The molecule has 2 aromatic heterocycles. The third-order valence-corrected chi connectivity index (χ3v) is 5.79. The topological polar surface area (TPSA) is 68.3 Å². The molecular weight excluding hydrogens is 396 g/mol. The average molecular weight is 421 g/mol. The van der Waals surface area contributed by atoms with Crippen LogP contribution < -0.4 is 15.4 Å². The highest BCUT2D eigenvalue weighted by Gasteiger charge is 2.13. The van der Waals surface area contributed by atoms with E-state index in [9.17, 15) is 0 Å². The molecule has 2 heterocycles. The van der Waals surface area contributed by atoms with Crippen molar-refractivity contribution >= 4 is 33.3 Å². The monoisotopic (exact) mass is 420 g/mol. The first-order valence-corrected chi connectivity index (χ1v) is 10.5. The Hall–Kier alpha value is -3.16. The fourth-order valence-corrected chi connectivity index (χ4v) is 4.17. The molecule has 0 radical (unpaired) electrons. The number of rotatable bonds is 9. The van der Waals surface area contributed by atoms with E-state index >= 15 is 0 Å². The minimum atomic E-state index is 0.588. The predicted molar refractivity (Wildman–Crippen MR) is 124 cm³/mol. The van der Waals surface area contributed by atoms with Gasteiger partial charge in [0.15, 0.2) is 0 Å². The third kappa shape index (κ3) is 4.69. The van der Waals surface area contributed by atoms with E-state index in [1.807, 2.05) is 36.4 Å². The molecule has 0 bridgehead atoms. The summed E-state index contributed by atoms with van der Waals surface area (Å²) in [6.45, 7) is 1.87. The van der Waals surface area contributed by atoms with Crippen LogP contribution in [0.15, 0.2) is 60.7 Å². The summed E-state index contributed by atoms with van der Waals surface area (Å²) >= 11 is 1.69. The second kappa shape index (κ2) is 9.56. The lowest BCUT2D eigenvalue weighted by atomic mass is 10.2. The predicted octanol–water partition coefficient (Wildman–Crippen LogP) is 5.04. The SMILES string of the molecule is COCCNc1nc(NCc2cccc(OC)c2)c2sc(-c3ccccc3)cc2n1. The maximum absolute atomic E-state index is 5.33. The standard InChI is InChI=1S/C23H24N4O2S/c1-28-12-11-24-23-26-19-14-20(17-8-4-3-5-9-17)30-21(19)22(27-23)25-15-16-7-6-10-18(13-16)29-2/h3-10,13-14H,11-12,15H2,1-2H3,(H2,24,25,26,27). The van der Waals surface area contributed by atoms with E-state index < -0.39 is 0 Å². The first-order chi connectivity index (χ1) is 14.8. The summed E-state index contributed by atoms with van der Waals surface area (Å²) in [7, 11) is 3.35. The van der Waals surface area contributed by atoms with E-state index in [1.165, 1.54) is 10.4 Å². The van der Waals surface area contributed by atoms with Gasteiger partial charge in [0.2, 0.25) is 5.95 Å². The summed E-state index contributed by atoms with van der Waals surface area (Å²) in [5.41, 5.74) is 3.21. The highest BCUT2D eigenvalue weighted by molar-refractivity contribution is 7.22. The van der Waals surface area contributed by atoms with Crippen LogP contribution in [0.4, 0.5) is 11.8 Å². The Labute approximate surface area is 179 Å². The van der Waals surface area contributed by atoms with Gasteiger partial charge in [-0.05, 0) is 29.3 Å². The van der Waals surface area contributed by atoms with Crippen molar-refractivity contribution in [2.75, 3.05) is 38.0 Å². The summed E-state index contributed by atoms with van der Waals surface area (Å²) in [5.74, 6) is 2.24. The normalized spacial score (nSPS) is 10.9. The minimum absolute atomic E-state index is 0.588. The van der Waals surface area contributed by atoms with E-state index in [2.05, 4.69) is 34.9 Å². The van der Waals surface area contributed by atoms with Crippen LogP contribution in [0.2, 0.25) is 0 Å². The van der Waals surface area contributed by atoms with E-state index in [1.54, 1.807) is 25.6 Å². The van der Waals surface area contributed by atoms with Crippen LogP contribution in [0.5, 0.6) is 5.75 Å². The van der Waals surface area contributed by atoms with E-state index in [-0.39, 0.29) is 0 Å². The summed E-state index contributed by atoms with van der Waals surface area (Å²) in [4.78, 5) is 10.6. The van der Waals surface area contributed by atoms with Crippen LogP contribution in [0.3, 0.4) is 0 Å².